The SMILES string of the molecule is CC(=O)CC1CCCN1C(=O)C1CCCCC1. The summed E-state index contributed by atoms with van der Waals surface area (Å²) in [5, 5.41) is 0. The monoisotopic (exact) mass is 237 g/mol. The number of hydrogen-bond acceptors (Lipinski definition) is 2. The van der Waals surface area contributed by atoms with Gasteiger partial charge >= 0.3 is 0 Å². The molecule has 2 fully saturated rings. The van der Waals surface area contributed by atoms with Crippen molar-refractivity contribution in [3.05, 3.63) is 0 Å². The summed E-state index contributed by atoms with van der Waals surface area (Å²) in [5.74, 6) is 0.781. The molecule has 0 radical (unpaired) electrons. The van der Waals surface area contributed by atoms with Crippen LogP contribution in [0.4, 0.5) is 0 Å². The molecule has 17 heavy (non-hydrogen) atoms. The average molecular weight is 237 g/mol. The number of carbonyl (C=O) groups excluding carboxylic acids is 2. The second-order valence-electron chi connectivity index (χ2n) is 5.57. The van der Waals surface area contributed by atoms with Gasteiger partial charge in [-0.1, -0.05) is 19.3 Å². The lowest BCUT2D eigenvalue weighted by molar-refractivity contribution is -0.137. The van der Waals surface area contributed by atoms with Crippen molar-refractivity contribution in [1.29, 1.82) is 0 Å². The number of carbonyl (C=O) groups is 2. The van der Waals surface area contributed by atoms with Gasteiger partial charge < -0.3 is 4.90 Å². The number of amides is 1. The highest BCUT2D eigenvalue weighted by atomic mass is 16.2. The summed E-state index contributed by atoms with van der Waals surface area (Å²) in [6.45, 7) is 2.49. The van der Waals surface area contributed by atoms with Crippen molar-refractivity contribution in [3.8, 4) is 0 Å². The summed E-state index contributed by atoms with van der Waals surface area (Å²) in [7, 11) is 0. The Morgan fingerprint density at radius 1 is 1.06 bits per heavy atom. The molecule has 96 valence electrons. The molecule has 1 heterocycles. The Labute approximate surface area is 104 Å². The summed E-state index contributed by atoms with van der Waals surface area (Å²) in [6.07, 6.45) is 8.42. The highest BCUT2D eigenvalue weighted by Crippen LogP contribution is 2.29. The molecule has 1 amide bonds. The third kappa shape index (κ3) is 3.08. The molecule has 1 aliphatic heterocycles. The van der Waals surface area contributed by atoms with Gasteiger partial charge in [0.1, 0.15) is 5.78 Å². The Morgan fingerprint density at radius 2 is 1.76 bits per heavy atom. The number of Topliss-reactive ketones (excluding diaryl/α,β-unsaturated/α-hetero) is 1. The van der Waals surface area contributed by atoms with E-state index in [1.54, 1.807) is 6.92 Å². The van der Waals surface area contributed by atoms with Crippen molar-refractivity contribution in [3.63, 3.8) is 0 Å². The fourth-order valence-corrected chi connectivity index (χ4v) is 3.25. The van der Waals surface area contributed by atoms with E-state index in [1.807, 2.05) is 4.90 Å². The normalized spacial score (nSPS) is 26.2. The molecule has 1 saturated carbocycles. The van der Waals surface area contributed by atoms with Crippen LogP contribution in [0.25, 0.3) is 0 Å². The maximum atomic E-state index is 12.4. The van der Waals surface area contributed by atoms with Crippen LogP contribution in [0.5, 0.6) is 0 Å². The quantitative estimate of drug-likeness (QED) is 0.756. The van der Waals surface area contributed by atoms with E-state index in [1.165, 1.54) is 19.3 Å². The third-order valence-electron chi connectivity index (χ3n) is 4.14. The Hall–Kier alpha value is -0.860. The topological polar surface area (TPSA) is 37.4 Å². The first kappa shape index (κ1) is 12.6. The molecule has 3 nitrogen and oxygen atoms in total. The Balaban J connectivity index is 1.94. The number of nitrogens with zero attached hydrogens (tertiary/aromatic N) is 1. The van der Waals surface area contributed by atoms with Crippen LogP contribution in [0, 0.1) is 5.92 Å². The van der Waals surface area contributed by atoms with Crippen molar-refractivity contribution in [2.45, 2.75) is 64.3 Å². The van der Waals surface area contributed by atoms with Crippen LogP contribution in [-0.2, 0) is 9.59 Å². The number of likely N-dealkylation sites (tertiary alicyclic amines) is 1. The van der Waals surface area contributed by atoms with E-state index in [4.69, 9.17) is 0 Å². The largest absolute Gasteiger partial charge is 0.339 e. The average Bonchev–Trinajstić information content (AvgIpc) is 2.76. The van der Waals surface area contributed by atoms with Crippen LogP contribution in [0.2, 0.25) is 0 Å². The zero-order valence-corrected chi connectivity index (χ0v) is 10.8. The first-order valence-electron chi connectivity index (χ1n) is 6.98. The van der Waals surface area contributed by atoms with E-state index in [0.29, 0.717) is 12.3 Å². The van der Waals surface area contributed by atoms with E-state index >= 15 is 0 Å². The van der Waals surface area contributed by atoms with E-state index in [0.717, 1.165) is 32.2 Å². The summed E-state index contributed by atoms with van der Waals surface area (Å²) in [4.78, 5) is 25.6. The van der Waals surface area contributed by atoms with Gasteiger partial charge in [-0.15, -0.1) is 0 Å². The minimum absolute atomic E-state index is 0.196. The minimum Gasteiger partial charge on any atom is -0.339 e. The van der Waals surface area contributed by atoms with Gasteiger partial charge in [-0.05, 0) is 32.6 Å². The van der Waals surface area contributed by atoms with Crippen LogP contribution in [0.1, 0.15) is 58.3 Å². The lowest BCUT2D eigenvalue weighted by Crippen LogP contribution is -2.41. The van der Waals surface area contributed by atoms with Crippen LogP contribution in [0.15, 0.2) is 0 Å². The Bertz CT molecular complexity index is 295. The first-order valence-corrected chi connectivity index (χ1v) is 6.98. The first-order chi connectivity index (χ1) is 8.18. The molecule has 1 unspecified atom stereocenters. The highest BCUT2D eigenvalue weighted by Gasteiger charge is 2.33. The van der Waals surface area contributed by atoms with Crippen LogP contribution in [0.3, 0.4) is 0 Å². The molecule has 0 aromatic heterocycles. The van der Waals surface area contributed by atoms with Gasteiger partial charge in [0.05, 0.1) is 0 Å². The standard InChI is InChI=1S/C14H23NO2/c1-11(16)10-13-8-5-9-15(13)14(17)12-6-3-2-4-7-12/h12-13H,2-10H2,1H3. The Morgan fingerprint density at radius 3 is 2.41 bits per heavy atom. The molecule has 1 saturated heterocycles. The van der Waals surface area contributed by atoms with Gasteiger partial charge in [-0.2, -0.15) is 0 Å². The molecule has 0 aromatic rings. The number of ketones is 1. The van der Waals surface area contributed by atoms with Gasteiger partial charge in [0.2, 0.25) is 5.91 Å². The van der Waals surface area contributed by atoms with Gasteiger partial charge in [0.25, 0.3) is 0 Å². The molecule has 0 spiro atoms. The van der Waals surface area contributed by atoms with Crippen molar-refractivity contribution in [1.82, 2.24) is 4.90 Å². The summed E-state index contributed by atoms with van der Waals surface area (Å²) >= 11 is 0. The predicted molar refractivity (Wildman–Crippen MR) is 66.6 cm³/mol. The molecule has 3 heteroatoms. The van der Waals surface area contributed by atoms with Crippen LogP contribution >= 0.6 is 0 Å². The third-order valence-corrected chi connectivity index (χ3v) is 4.14. The predicted octanol–water partition coefficient (Wildman–Crippen LogP) is 2.54. The van der Waals surface area contributed by atoms with E-state index in [9.17, 15) is 9.59 Å². The lowest BCUT2D eigenvalue weighted by atomic mass is 9.88. The van der Waals surface area contributed by atoms with Crippen LogP contribution in [-0.4, -0.2) is 29.2 Å². The molecule has 1 atom stereocenters. The molecular weight excluding hydrogens is 214 g/mol. The van der Waals surface area contributed by atoms with Crippen molar-refractivity contribution >= 4 is 11.7 Å². The van der Waals surface area contributed by atoms with E-state index in [-0.39, 0.29) is 17.7 Å². The molecular formula is C14H23NO2. The van der Waals surface area contributed by atoms with Crippen molar-refractivity contribution in [2.24, 2.45) is 5.92 Å². The molecule has 0 aromatic carbocycles. The Kier molecular flexibility index (Phi) is 4.19. The fraction of sp³-hybridized carbons (Fsp3) is 0.857. The highest BCUT2D eigenvalue weighted by molar-refractivity contribution is 5.81. The number of rotatable bonds is 3. The second kappa shape index (κ2) is 5.65. The van der Waals surface area contributed by atoms with Gasteiger partial charge in [0, 0.05) is 24.9 Å². The van der Waals surface area contributed by atoms with Crippen molar-refractivity contribution in [2.75, 3.05) is 6.54 Å². The summed E-state index contributed by atoms with van der Waals surface area (Å²) in [6, 6.07) is 0.196. The summed E-state index contributed by atoms with van der Waals surface area (Å²) < 4.78 is 0. The number of hydrogen-bond donors (Lipinski definition) is 0. The van der Waals surface area contributed by atoms with Crippen LogP contribution < -0.4 is 0 Å². The minimum atomic E-state index is 0.196. The zero-order chi connectivity index (χ0) is 12.3. The smallest absolute Gasteiger partial charge is 0.225 e. The van der Waals surface area contributed by atoms with E-state index < -0.39 is 0 Å². The van der Waals surface area contributed by atoms with Crippen molar-refractivity contribution < 1.29 is 9.59 Å². The van der Waals surface area contributed by atoms with Gasteiger partial charge in [0.15, 0.2) is 0 Å². The molecule has 1 aliphatic carbocycles. The molecule has 2 aliphatic rings. The second-order valence-corrected chi connectivity index (χ2v) is 5.57. The van der Waals surface area contributed by atoms with E-state index in [2.05, 4.69) is 0 Å². The fourth-order valence-electron chi connectivity index (χ4n) is 3.25. The zero-order valence-electron chi connectivity index (χ0n) is 10.8. The summed E-state index contributed by atoms with van der Waals surface area (Å²) in [5.41, 5.74) is 0. The maximum Gasteiger partial charge on any atom is 0.225 e. The molecule has 0 N–H and O–H groups in total. The molecule has 2 rings (SSSR count). The maximum absolute atomic E-state index is 12.4. The van der Waals surface area contributed by atoms with Gasteiger partial charge in [-0.25, -0.2) is 0 Å². The van der Waals surface area contributed by atoms with Gasteiger partial charge in [-0.3, -0.25) is 9.59 Å². The molecule has 0 bridgehead atoms. The lowest BCUT2D eigenvalue weighted by Gasteiger charge is -2.30.